The summed E-state index contributed by atoms with van der Waals surface area (Å²) in [6.07, 6.45) is 3.80. The van der Waals surface area contributed by atoms with Crippen LogP contribution in [0.25, 0.3) is 0 Å². The molecule has 0 aliphatic carbocycles. The largest absolute Gasteiger partial charge is 0.339 e. The van der Waals surface area contributed by atoms with E-state index in [-0.39, 0.29) is 5.91 Å². The van der Waals surface area contributed by atoms with Gasteiger partial charge in [-0.05, 0) is 25.1 Å². The number of carbonyl (C=O) groups is 1. The van der Waals surface area contributed by atoms with Crippen molar-refractivity contribution < 1.29 is 4.79 Å². The summed E-state index contributed by atoms with van der Waals surface area (Å²) in [5.41, 5.74) is 0.546. The van der Waals surface area contributed by atoms with Crippen molar-refractivity contribution in [2.45, 2.75) is 13.5 Å². The molecule has 0 bridgehead atoms. The van der Waals surface area contributed by atoms with Crippen LogP contribution in [0.2, 0.25) is 5.02 Å². The molecule has 1 aliphatic heterocycles. The summed E-state index contributed by atoms with van der Waals surface area (Å²) < 4.78 is 2.97. The monoisotopic (exact) mass is 396 g/mol. The van der Waals surface area contributed by atoms with Crippen molar-refractivity contribution in [3.8, 4) is 0 Å². The van der Waals surface area contributed by atoms with Crippen LogP contribution >= 0.6 is 27.5 Å². The summed E-state index contributed by atoms with van der Waals surface area (Å²) in [6.45, 7) is 5.86. The Balaban J connectivity index is 1.69. The number of anilines is 1. The summed E-state index contributed by atoms with van der Waals surface area (Å²) in [4.78, 5) is 21.2. The molecule has 1 aliphatic rings. The average molecular weight is 398 g/mol. The fraction of sp³-hybridized carbons (Fsp3) is 0.375. The minimum absolute atomic E-state index is 0.0187. The van der Waals surface area contributed by atoms with Crippen LogP contribution in [-0.2, 0) is 6.54 Å². The predicted molar refractivity (Wildman–Crippen MR) is 95.2 cm³/mol. The molecule has 1 fully saturated rings. The third-order valence-corrected chi connectivity index (χ3v) is 4.87. The summed E-state index contributed by atoms with van der Waals surface area (Å²) in [6, 6.07) is 5.36. The van der Waals surface area contributed by atoms with E-state index in [1.807, 2.05) is 23.4 Å². The Morgan fingerprint density at radius 2 is 2.04 bits per heavy atom. The number of aryl methyl sites for hydroxylation is 1. The SMILES string of the molecule is CCn1ccnc1N1CCN(C(=O)c2cc(Br)ccc2Cl)CC1. The van der Waals surface area contributed by atoms with E-state index in [1.165, 1.54) is 0 Å². The first-order valence-electron chi connectivity index (χ1n) is 7.60. The number of hydrogen-bond donors (Lipinski definition) is 0. The van der Waals surface area contributed by atoms with Crippen LogP contribution in [0.5, 0.6) is 0 Å². The van der Waals surface area contributed by atoms with Crippen LogP contribution in [-0.4, -0.2) is 46.5 Å². The minimum atomic E-state index is -0.0187. The molecule has 0 saturated carbocycles. The van der Waals surface area contributed by atoms with Gasteiger partial charge in [0.2, 0.25) is 5.95 Å². The molecule has 2 aromatic rings. The van der Waals surface area contributed by atoms with Crippen LogP contribution in [0.4, 0.5) is 5.95 Å². The molecular weight excluding hydrogens is 380 g/mol. The lowest BCUT2D eigenvalue weighted by molar-refractivity contribution is 0.0746. The second-order valence-electron chi connectivity index (χ2n) is 5.42. The highest BCUT2D eigenvalue weighted by Gasteiger charge is 2.25. The van der Waals surface area contributed by atoms with E-state index in [4.69, 9.17) is 11.6 Å². The van der Waals surface area contributed by atoms with E-state index in [9.17, 15) is 4.79 Å². The van der Waals surface area contributed by atoms with Gasteiger partial charge in [0, 0.05) is 49.6 Å². The molecule has 5 nitrogen and oxygen atoms in total. The maximum Gasteiger partial charge on any atom is 0.255 e. The van der Waals surface area contributed by atoms with Crippen LogP contribution in [0.15, 0.2) is 35.1 Å². The molecule has 1 amide bonds. The average Bonchev–Trinajstić information content (AvgIpc) is 3.05. The van der Waals surface area contributed by atoms with Gasteiger partial charge in [0.1, 0.15) is 0 Å². The standard InChI is InChI=1S/C16H18BrClN4O/c1-2-20-6-5-19-16(20)22-9-7-21(8-10-22)15(23)13-11-12(17)3-4-14(13)18/h3-6,11H,2,7-10H2,1H3. The zero-order chi connectivity index (χ0) is 16.4. The molecule has 7 heteroatoms. The number of imidazole rings is 1. The maximum atomic E-state index is 12.7. The number of amides is 1. The maximum absolute atomic E-state index is 12.7. The van der Waals surface area contributed by atoms with E-state index in [2.05, 4.69) is 37.3 Å². The van der Waals surface area contributed by atoms with Crippen molar-refractivity contribution in [1.82, 2.24) is 14.5 Å². The smallest absolute Gasteiger partial charge is 0.255 e. The van der Waals surface area contributed by atoms with Crippen molar-refractivity contribution in [3.63, 3.8) is 0 Å². The first kappa shape index (κ1) is 16.3. The molecular formula is C16H18BrClN4O. The van der Waals surface area contributed by atoms with Gasteiger partial charge >= 0.3 is 0 Å². The van der Waals surface area contributed by atoms with Crippen LogP contribution in [0.3, 0.4) is 0 Å². The number of hydrogen-bond acceptors (Lipinski definition) is 3. The fourth-order valence-electron chi connectivity index (χ4n) is 2.77. The van der Waals surface area contributed by atoms with Gasteiger partial charge in [-0.1, -0.05) is 27.5 Å². The van der Waals surface area contributed by atoms with Crippen LogP contribution in [0, 0.1) is 0 Å². The second kappa shape index (κ2) is 6.93. The molecule has 0 N–H and O–H groups in total. The Kier molecular flexibility index (Phi) is 4.92. The first-order valence-corrected chi connectivity index (χ1v) is 8.77. The van der Waals surface area contributed by atoms with Crippen molar-refractivity contribution in [1.29, 1.82) is 0 Å². The number of nitrogens with zero attached hydrogens (tertiary/aromatic N) is 4. The number of rotatable bonds is 3. The molecule has 1 aromatic heterocycles. The summed E-state index contributed by atoms with van der Waals surface area (Å²) in [7, 11) is 0. The Bertz CT molecular complexity index is 710. The number of aromatic nitrogens is 2. The highest BCUT2D eigenvalue weighted by molar-refractivity contribution is 9.10. The summed E-state index contributed by atoms with van der Waals surface area (Å²) in [5.74, 6) is 0.954. The number of carbonyl (C=O) groups excluding carboxylic acids is 1. The molecule has 1 saturated heterocycles. The lowest BCUT2D eigenvalue weighted by Crippen LogP contribution is -2.49. The van der Waals surface area contributed by atoms with Gasteiger partial charge in [-0.25, -0.2) is 4.98 Å². The predicted octanol–water partition coefficient (Wildman–Crippen LogP) is 3.28. The van der Waals surface area contributed by atoms with Gasteiger partial charge in [0.15, 0.2) is 0 Å². The first-order chi connectivity index (χ1) is 11.1. The van der Waals surface area contributed by atoms with Crippen molar-refractivity contribution >= 4 is 39.4 Å². The lowest BCUT2D eigenvalue weighted by atomic mass is 10.2. The second-order valence-corrected chi connectivity index (χ2v) is 6.74. The van der Waals surface area contributed by atoms with Crippen LogP contribution < -0.4 is 4.90 Å². The molecule has 3 rings (SSSR count). The molecule has 23 heavy (non-hydrogen) atoms. The van der Waals surface area contributed by atoms with Gasteiger partial charge in [-0.15, -0.1) is 0 Å². The zero-order valence-electron chi connectivity index (χ0n) is 12.9. The molecule has 122 valence electrons. The fourth-order valence-corrected chi connectivity index (χ4v) is 3.33. The Morgan fingerprint density at radius 1 is 1.30 bits per heavy atom. The van der Waals surface area contributed by atoms with Gasteiger partial charge in [-0.2, -0.15) is 0 Å². The van der Waals surface area contributed by atoms with Crippen molar-refractivity contribution in [3.05, 3.63) is 45.7 Å². The van der Waals surface area contributed by atoms with E-state index in [0.29, 0.717) is 23.7 Å². The molecule has 0 unspecified atom stereocenters. The van der Waals surface area contributed by atoms with E-state index >= 15 is 0 Å². The lowest BCUT2D eigenvalue weighted by Gasteiger charge is -2.35. The zero-order valence-corrected chi connectivity index (χ0v) is 15.2. The van der Waals surface area contributed by atoms with E-state index in [0.717, 1.165) is 30.1 Å². The Morgan fingerprint density at radius 3 is 2.74 bits per heavy atom. The van der Waals surface area contributed by atoms with Crippen molar-refractivity contribution in [2.24, 2.45) is 0 Å². The number of piperazine rings is 1. The third-order valence-electron chi connectivity index (χ3n) is 4.04. The van der Waals surface area contributed by atoms with Gasteiger partial charge in [0.25, 0.3) is 5.91 Å². The molecule has 2 heterocycles. The summed E-state index contributed by atoms with van der Waals surface area (Å²) >= 11 is 9.56. The normalized spacial score (nSPS) is 15.1. The Labute approximate surface area is 149 Å². The van der Waals surface area contributed by atoms with Crippen molar-refractivity contribution in [2.75, 3.05) is 31.1 Å². The highest BCUT2D eigenvalue weighted by atomic mass is 79.9. The molecule has 0 radical (unpaired) electrons. The number of benzene rings is 1. The quantitative estimate of drug-likeness (QED) is 0.798. The highest BCUT2D eigenvalue weighted by Crippen LogP contribution is 2.23. The minimum Gasteiger partial charge on any atom is -0.339 e. The summed E-state index contributed by atoms with van der Waals surface area (Å²) in [5, 5.41) is 0.488. The topological polar surface area (TPSA) is 41.4 Å². The van der Waals surface area contributed by atoms with E-state index in [1.54, 1.807) is 12.1 Å². The Hall–Kier alpha value is -1.53. The molecule has 0 spiro atoms. The van der Waals surface area contributed by atoms with E-state index < -0.39 is 0 Å². The molecule has 1 aromatic carbocycles. The molecule has 0 atom stereocenters. The number of halogens is 2. The third kappa shape index (κ3) is 3.38. The van der Waals surface area contributed by atoms with Gasteiger partial charge in [-0.3, -0.25) is 4.79 Å². The van der Waals surface area contributed by atoms with Gasteiger partial charge < -0.3 is 14.4 Å². The van der Waals surface area contributed by atoms with Crippen LogP contribution in [0.1, 0.15) is 17.3 Å². The van der Waals surface area contributed by atoms with Gasteiger partial charge in [0.05, 0.1) is 10.6 Å².